The SMILES string of the molecule is CCCCC(CC)c1cn[nH]n1. The Balaban J connectivity index is 2.45. The molecule has 1 atom stereocenters. The summed E-state index contributed by atoms with van der Waals surface area (Å²) in [6, 6.07) is 0. The second-order valence-corrected chi connectivity index (χ2v) is 3.14. The Labute approximate surface area is 73.6 Å². The molecule has 0 aliphatic rings. The average molecular weight is 167 g/mol. The van der Waals surface area contributed by atoms with Crippen LogP contribution in [0.5, 0.6) is 0 Å². The predicted octanol–water partition coefficient (Wildman–Crippen LogP) is 2.49. The number of rotatable bonds is 5. The lowest BCUT2D eigenvalue weighted by atomic mass is 9.97. The van der Waals surface area contributed by atoms with Crippen molar-refractivity contribution in [3.63, 3.8) is 0 Å². The van der Waals surface area contributed by atoms with Gasteiger partial charge in [0.15, 0.2) is 0 Å². The minimum absolute atomic E-state index is 0.601. The molecule has 0 saturated carbocycles. The van der Waals surface area contributed by atoms with E-state index in [0.29, 0.717) is 5.92 Å². The molecule has 1 rings (SSSR count). The van der Waals surface area contributed by atoms with Gasteiger partial charge in [-0.2, -0.15) is 15.4 Å². The van der Waals surface area contributed by atoms with E-state index in [4.69, 9.17) is 0 Å². The Morgan fingerprint density at radius 1 is 1.50 bits per heavy atom. The van der Waals surface area contributed by atoms with Crippen LogP contribution in [0, 0.1) is 0 Å². The van der Waals surface area contributed by atoms with E-state index in [1.165, 1.54) is 19.3 Å². The number of aromatic nitrogens is 3. The van der Waals surface area contributed by atoms with Gasteiger partial charge < -0.3 is 0 Å². The van der Waals surface area contributed by atoms with Crippen molar-refractivity contribution in [2.24, 2.45) is 0 Å². The summed E-state index contributed by atoms with van der Waals surface area (Å²) in [4.78, 5) is 0. The molecule has 12 heavy (non-hydrogen) atoms. The summed E-state index contributed by atoms with van der Waals surface area (Å²) >= 11 is 0. The van der Waals surface area contributed by atoms with Crippen LogP contribution in [0.15, 0.2) is 6.20 Å². The molecule has 0 bridgehead atoms. The molecule has 0 amide bonds. The topological polar surface area (TPSA) is 41.6 Å². The molecule has 3 heteroatoms. The maximum atomic E-state index is 4.10. The lowest BCUT2D eigenvalue weighted by molar-refractivity contribution is 0.556. The zero-order chi connectivity index (χ0) is 8.81. The molecule has 0 radical (unpaired) electrons. The largest absolute Gasteiger partial charge is 0.198 e. The fraction of sp³-hybridized carbons (Fsp3) is 0.778. The number of nitrogens with zero attached hydrogens (tertiary/aromatic N) is 2. The van der Waals surface area contributed by atoms with Crippen molar-refractivity contribution in [2.75, 3.05) is 0 Å². The van der Waals surface area contributed by atoms with Crippen molar-refractivity contribution in [1.82, 2.24) is 15.4 Å². The first-order chi connectivity index (χ1) is 5.88. The predicted molar refractivity (Wildman–Crippen MR) is 48.9 cm³/mol. The molecule has 0 aliphatic heterocycles. The monoisotopic (exact) mass is 167 g/mol. The van der Waals surface area contributed by atoms with Gasteiger partial charge in [0.25, 0.3) is 0 Å². The third-order valence-corrected chi connectivity index (χ3v) is 2.25. The van der Waals surface area contributed by atoms with E-state index in [1.54, 1.807) is 0 Å². The molecule has 1 N–H and O–H groups in total. The molecular weight excluding hydrogens is 150 g/mol. The maximum Gasteiger partial charge on any atom is 0.0855 e. The van der Waals surface area contributed by atoms with Crippen LogP contribution < -0.4 is 0 Å². The van der Waals surface area contributed by atoms with Crippen molar-refractivity contribution in [2.45, 2.75) is 45.4 Å². The molecule has 1 aromatic rings. The molecule has 0 aliphatic carbocycles. The Morgan fingerprint density at radius 3 is 2.83 bits per heavy atom. The molecule has 1 aromatic heterocycles. The van der Waals surface area contributed by atoms with E-state index in [2.05, 4.69) is 29.3 Å². The number of unbranched alkanes of at least 4 members (excludes halogenated alkanes) is 1. The molecule has 1 unspecified atom stereocenters. The van der Waals surface area contributed by atoms with Gasteiger partial charge in [-0.25, -0.2) is 0 Å². The van der Waals surface area contributed by atoms with Gasteiger partial charge in [0.2, 0.25) is 0 Å². The van der Waals surface area contributed by atoms with Crippen LogP contribution in [-0.2, 0) is 0 Å². The van der Waals surface area contributed by atoms with Gasteiger partial charge in [-0.1, -0.05) is 26.7 Å². The van der Waals surface area contributed by atoms with Crippen LogP contribution in [0.1, 0.15) is 51.1 Å². The first-order valence-corrected chi connectivity index (χ1v) is 4.74. The standard InChI is InChI=1S/C9H17N3/c1-3-5-6-8(4-2)9-7-10-12-11-9/h7-8H,3-6H2,1-2H3,(H,10,11,12). The summed E-state index contributed by atoms with van der Waals surface area (Å²) < 4.78 is 0. The highest BCUT2D eigenvalue weighted by Gasteiger charge is 2.10. The van der Waals surface area contributed by atoms with E-state index in [9.17, 15) is 0 Å². The van der Waals surface area contributed by atoms with Gasteiger partial charge in [0, 0.05) is 5.92 Å². The van der Waals surface area contributed by atoms with Crippen LogP contribution in [0.4, 0.5) is 0 Å². The smallest absolute Gasteiger partial charge is 0.0855 e. The van der Waals surface area contributed by atoms with E-state index in [1.807, 2.05) is 6.20 Å². The number of hydrogen-bond donors (Lipinski definition) is 1. The van der Waals surface area contributed by atoms with Gasteiger partial charge in [-0.15, -0.1) is 0 Å². The van der Waals surface area contributed by atoms with E-state index < -0.39 is 0 Å². The van der Waals surface area contributed by atoms with Gasteiger partial charge in [-0.3, -0.25) is 0 Å². The zero-order valence-corrected chi connectivity index (χ0v) is 7.88. The molecule has 1 heterocycles. The molecule has 0 aromatic carbocycles. The third kappa shape index (κ3) is 2.32. The minimum atomic E-state index is 0.601. The quantitative estimate of drug-likeness (QED) is 0.732. The summed E-state index contributed by atoms with van der Waals surface area (Å²) in [5.41, 5.74) is 1.12. The molecule has 0 saturated heterocycles. The van der Waals surface area contributed by atoms with Gasteiger partial charge in [0.05, 0.1) is 11.9 Å². The van der Waals surface area contributed by atoms with Crippen LogP contribution in [-0.4, -0.2) is 15.4 Å². The Kier molecular flexibility index (Phi) is 3.77. The Morgan fingerprint density at radius 2 is 2.33 bits per heavy atom. The molecule has 0 spiro atoms. The van der Waals surface area contributed by atoms with E-state index >= 15 is 0 Å². The lowest BCUT2D eigenvalue weighted by Gasteiger charge is -2.09. The summed E-state index contributed by atoms with van der Waals surface area (Å²) in [5.74, 6) is 0.601. The third-order valence-electron chi connectivity index (χ3n) is 2.25. The second kappa shape index (κ2) is 4.91. The number of H-pyrrole nitrogens is 1. The van der Waals surface area contributed by atoms with E-state index in [-0.39, 0.29) is 0 Å². The summed E-state index contributed by atoms with van der Waals surface area (Å²) in [5, 5.41) is 10.6. The van der Waals surface area contributed by atoms with Crippen LogP contribution in [0.2, 0.25) is 0 Å². The summed E-state index contributed by atoms with van der Waals surface area (Å²) in [6.07, 6.45) is 6.77. The zero-order valence-electron chi connectivity index (χ0n) is 7.88. The normalized spacial score (nSPS) is 13.2. The van der Waals surface area contributed by atoms with Crippen LogP contribution in [0.3, 0.4) is 0 Å². The van der Waals surface area contributed by atoms with Crippen molar-refractivity contribution in [3.05, 3.63) is 11.9 Å². The summed E-state index contributed by atoms with van der Waals surface area (Å²) in [7, 11) is 0. The molecular formula is C9H17N3. The van der Waals surface area contributed by atoms with Gasteiger partial charge in [-0.05, 0) is 12.8 Å². The Hall–Kier alpha value is -0.860. The highest BCUT2D eigenvalue weighted by atomic mass is 15.3. The average Bonchev–Trinajstić information content (AvgIpc) is 2.59. The molecule has 68 valence electrons. The highest BCUT2D eigenvalue weighted by molar-refractivity contribution is 4.99. The van der Waals surface area contributed by atoms with Crippen molar-refractivity contribution in [1.29, 1.82) is 0 Å². The lowest BCUT2D eigenvalue weighted by Crippen LogP contribution is -1.97. The Bertz CT molecular complexity index is 194. The van der Waals surface area contributed by atoms with Crippen LogP contribution in [0.25, 0.3) is 0 Å². The number of nitrogens with one attached hydrogen (secondary N) is 1. The first kappa shape index (κ1) is 9.23. The molecule has 3 nitrogen and oxygen atoms in total. The van der Waals surface area contributed by atoms with Crippen molar-refractivity contribution >= 4 is 0 Å². The van der Waals surface area contributed by atoms with Crippen molar-refractivity contribution < 1.29 is 0 Å². The van der Waals surface area contributed by atoms with Crippen LogP contribution >= 0.6 is 0 Å². The fourth-order valence-corrected chi connectivity index (χ4v) is 1.42. The fourth-order valence-electron chi connectivity index (χ4n) is 1.42. The molecule has 0 fully saturated rings. The second-order valence-electron chi connectivity index (χ2n) is 3.14. The van der Waals surface area contributed by atoms with Gasteiger partial charge >= 0.3 is 0 Å². The van der Waals surface area contributed by atoms with E-state index in [0.717, 1.165) is 12.1 Å². The van der Waals surface area contributed by atoms with Gasteiger partial charge in [0.1, 0.15) is 0 Å². The minimum Gasteiger partial charge on any atom is -0.198 e. The van der Waals surface area contributed by atoms with Crippen molar-refractivity contribution in [3.8, 4) is 0 Å². The first-order valence-electron chi connectivity index (χ1n) is 4.74. The highest BCUT2D eigenvalue weighted by Crippen LogP contribution is 2.22. The maximum absolute atomic E-state index is 4.10. The number of hydrogen-bond acceptors (Lipinski definition) is 2. The summed E-state index contributed by atoms with van der Waals surface area (Å²) in [6.45, 7) is 4.42. The number of aromatic amines is 1.